The number of amides is 2. The quantitative estimate of drug-likeness (QED) is 0.883. The molecule has 1 fully saturated rings. The molecule has 2 rings (SSSR count). The summed E-state index contributed by atoms with van der Waals surface area (Å²) in [6.45, 7) is 2.58. The molecule has 108 valence electrons. The Kier molecular flexibility index (Phi) is 5.17. The first-order valence-corrected chi connectivity index (χ1v) is 7.65. The monoisotopic (exact) mass is 338 g/mol. The zero-order valence-electron chi connectivity index (χ0n) is 11.5. The van der Waals surface area contributed by atoms with Gasteiger partial charge in [-0.05, 0) is 37.0 Å². The molecule has 1 aromatic rings. The zero-order valence-corrected chi connectivity index (χ0v) is 13.1. The maximum absolute atomic E-state index is 11.9. The fraction of sp³-hybridized carbons (Fsp3) is 0.467. The van der Waals surface area contributed by atoms with Gasteiger partial charge in [0, 0.05) is 29.9 Å². The highest BCUT2D eigenvalue weighted by atomic mass is 79.9. The maximum atomic E-state index is 11.9. The third-order valence-corrected chi connectivity index (χ3v) is 4.38. The first-order valence-electron chi connectivity index (χ1n) is 6.85. The Labute approximate surface area is 127 Å². The van der Waals surface area contributed by atoms with Crippen LogP contribution in [0.2, 0.25) is 0 Å². The highest BCUT2D eigenvalue weighted by molar-refractivity contribution is 9.10. The molecule has 1 heterocycles. The summed E-state index contributed by atoms with van der Waals surface area (Å²) in [6.07, 6.45) is 2.44. The Morgan fingerprint density at radius 3 is 2.95 bits per heavy atom. The van der Waals surface area contributed by atoms with E-state index in [0.29, 0.717) is 19.4 Å². The van der Waals surface area contributed by atoms with Crippen LogP contribution in [0.1, 0.15) is 30.4 Å². The van der Waals surface area contributed by atoms with E-state index < -0.39 is 0 Å². The number of hydrogen-bond acceptors (Lipinski definition) is 2. The molecule has 1 aromatic carbocycles. The lowest BCUT2D eigenvalue weighted by atomic mass is 10.1. The fourth-order valence-electron chi connectivity index (χ4n) is 2.28. The maximum Gasteiger partial charge on any atom is 0.220 e. The number of carbonyl (C=O) groups is 2. The van der Waals surface area contributed by atoms with Crippen molar-refractivity contribution < 1.29 is 9.59 Å². The molecule has 1 aliphatic rings. The van der Waals surface area contributed by atoms with Crippen LogP contribution >= 0.6 is 15.9 Å². The van der Waals surface area contributed by atoms with Crippen LogP contribution in [0, 0.1) is 6.92 Å². The minimum Gasteiger partial charge on any atom is -0.354 e. The van der Waals surface area contributed by atoms with Crippen LogP contribution in [0.15, 0.2) is 22.7 Å². The molecule has 0 aromatic heterocycles. The summed E-state index contributed by atoms with van der Waals surface area (Å²) in [6, 6.07) is 6.22. The van der Waals surface area contributed by atoms with E-state index in [1.807, 2.05) is 19.1 Å². The molecule has 2 amide bonds. The SMILES string of the molecule is Cc1cc(CCC(=O)N[C@H]2CCC(=O)NC2)ccc1Br. The van der Waals surface area contributed by atoms with E-state index >= 15 is 0 Å². The summed E-state index contributed by atoms with van der Waals surface area (Å²) in [4.78, 5) is 22.9. The Morgan fingerprint density at radius 2 is 2.30 bits per heavy atom. The van der Waals surface area contributed by atoms with E-state index in [4.69, 9.17) is 0 Å². The van der Waals surface area contributed by atoms with Gasteiger partial charge in [-0.15, -0.1) is 0 Å². The first kappa shape index (κ1) is 15.0. The number of halogens is 1. The van der Waals surface area contributed by atoms with Gasteiger partial charge in [0.1, 0.15) is 0 Å². The van der Waals surface area contributed by atoms with Gasteiger partial charge in [-0.1, -0.05) is 28.1 Å². The van der Waals surface area contributed by atoms with Crippen LogP contribution in [0.4, 0.5) is 0 Å². The average Bonchev–Trinajstić information content (AvgIpc) is 2.43. The highest BCUT2D eigenvalue weighted by Crippen LogP contribution is 2.17. The van der Waals surface area contributed by atoms with Crippen molar-refractivity contribution in [1.29, 1.82) is 0 Å². The number of nitrogens with one attached hydrogen (secondary N) is 2. The van der Waals surface area contributed by atoms with Crippen LogP contribution in [0.5, 0.6) is 0 Å². The van der Waals surface area contributed by atoms with Crippen LogP contribution < -0.4 is 10.6 Å². The van der Waals surface area contributed by atoms with Gasteiger partial charge < -0.3 is 10.6 Å². The van der Waals surface area contributed by atoms with Crippen molar-refractivity contribution in [2.75, 3.05) is 6.54 Å². The molecule has 0 radical (unpaired) electrons. The van der Waals surface area contributed by atoms with E-state index in [1.165, 1.54) is 5.56 Å². The number of hydrogen-bond donors (Lipinski definition) is 2. The minimum absolute atomic E-state index is 0.0479. The molecule has 0 aliphatic carbocycles. The van der Waals surface area contributed by atoms with E-state index in [9.17, 15) is 9.59 Å². The zero-order chi connectivity index (χ0) is 14.5. The van der Waals surface area contributed by atoms with Gasteiger partial charge in [0.2, 0.25) is 11.8 Å². The van der Waals surface area contributed by atoms with Crippen molar-refractivity contribution in [3.05, 3.63) is 33.8 Å². The standard InChI is InChI=1S/C15H19BrN2O2/c1-10-8-11(2-5-13(10)16)3-6-15(20)18-12-4-7-14(19)17-9-12/h2,5,8,12H,3-4,6-7,9H2,1H3,(H,17,19)(H,18,20)/t12-/m0/s1. The molecule has 1 atom stereocenters. The van der Waals surface area contributed by atoms with Gasteiger partial charge in [0.15, 0.2) is 0 Å². The molecule has 5 heteroatoms. The molecular formula is C15H19BrN2O2. The van der Waals surface area contributed by atoms with Crippen LogP contribution in [-0.4, -0.2) is 24.4 Å². The van der Waals surface area contributed by atoms with E-state index in [-0.39, 0.29) is 17.9 Å². The Morgan fingerprint density at radius 1 is 1.50 bits per heavy atom. The summed E-state index contributed by atoms with van der Waals surface area (Å²) in [7, 11) is 0. The van der Waals surface area contributed by atoms with Gasteiger partial charge >= 0.3 is 0 Å². The van der Waals surface area contributed by atoms with E-state index in [2.05, 4.69) is 32.6 Å². The Balaban J connectivity index is 1.77. The third-order valence-electron chi connectivity index (χ3n) is 3.49. The molecule has 0 bridgehead atoms. The van der Waals surface area contributed by atoms with Crippen molar-refractivity contribution in [3.63, 3.8) is 0 Å². The van der Waals surface area contributed by atoms with Gasteiger partial charge in [-0.3, -0.25) is 9.59 Å². The van der Waals surface area contributed by atoms with Crippen molar-refractivity contribution in [2.45, 2.75) is 38.6 Å². The van der Waals surface area contributed by atoms with Crippen LogP contribution in [0.25, 0.3) is 0 Å². The average molecular weight is 339 g/mol. The second kappa shape index (κ2) is 6.88. The molecule has 20 heavy (non-hydrogen) atoms. The smallest absolute Gasteiger partial charge is 0.220 e. The van der Waals surface area contributed by atoms with Crippen LogP contribution in [-0.2, 0) is 16.0 Å². The van der Waals surface area contributed by atoms with Gasteiger partial charge in [-0.2, -0.15) is 0 Å². The molecule has 2 N–H and O–H groups in total. The number of benzene rings is 1. The predicted octanol–water partition coefficient (Wildman–Crippen LogP) is 2.08. The molecule has 0 saturated carbocycles. The molecule has 0 unspecified atom stereocenters. The Hall–Kier alpha value is -1.36. The molecule has 1 saturated heterocycles. The number of aryl methyl sites for hydroxylation is 2. The molecule has 0 spiro atoms. The van der Waals surface area contributed by atoms with Crippen molar-refractivity contribution >= 4 is 27.7 Å². The van der Waals surface area contributed by atoms with Gasteiger partial charge in [0.05, 0.1) is 0 Å². The summed E-state index contributed by atoms with van der Waals surface area (Å²) < 4.78 is 1.09. The lowest BCUT2D eigenvalue weighted by Gasteiger charge is -2.23. The number of piperidine rings is 1. The van der Waals surface area contributed by atoms with Crippen molar-refractivity contribution in [1.82, 2.24) is 10.6 Å². The fourth-order valence-corrected chi connectivity index (χ4v) is 2.52. The second-order valence-corrected chi connectivity index (χ2v) is 6.05. The predicted molar refractivity (Wildman–Crippen MR) is 81.4 cm³/mol. The first-order chi connectivity index (χ1) is 9.54. The van der Waals surface area contributed by atoms with Crippen LogP contribution in [0.3, 0.4) is 0 Å². The summed E-state index contributed by atoms with van der Waals surface area (Å²) >= 11 is 3.47. The lowest BCUT2D eigenvalue weighted by molar-refractivity contribution is -0.125. The highest BCUT2D eigenvalue weighted by Gasteiger charge is 2.19. The Bertz CT molecular complexity index is 507. The molecule has 1 aliphatic heterocycles. The number of rotatable bonds is 4. The molecule has 4 nitrogen and oxygen atoms in total. The summed E-state index contributed by atoms with van der Waals surface area (Å²) in [5.41, 5.74) is 2.34. The van der Waals surface area contributed by atoms with E-state index in [1.54, 1.807) is 0 Å². The largest absolute Gasteiger partial charge is 0.354 e. The second-order valence-electron chi connectivity index (χ2n) is 5.19. The minimum atomic E-state index is 0.0479. The van der Waals surface area contributed by atoms with Gasteiger partial charge in [-0.25, -0.2) is 0 Å². The van der Waals surface area contributed by atoms with Gasteiger partial charge in [0.25, 0.3) is 0 Å². The van der Waals surface area contributed by atoms with Crippen molar-refractivity contribution in [2.24, 2.45) is 0 Å². The summed E-state index contributed by atoms with van der Waals surface area (Å²) in [5, 5.41) is 5.74. The summed E-state index contributed by atoms with van der Waals surface area (Å²) in [5.74, 6) is 0.118. The third kappa shape index (κ3) is 4.34. The number of carbonyl (C=O) groups excluding carboxylic acids is 2. The van der Waals surface area contributed by atoms with E-state index in [0.717, 1.165) is 22.9 Å². The lowest BCUT2D eigenvalue weighted by Crippen LogP contribution is -2.47. The van der Waals surface area contributed by atoms with Crippen molar-refractivity contribution in [3.8, 4) is 0 Å². The topological polar surface area (TPSA) is 58.2 Å². The normalized spacial score (nSPS) is 18.5. The molecular weight excluding hydrogens is 320 g/mol.